The SMILES string of the molecule is C[C@H](C(=O)N(Cc1ccccc1)Cc1ccccc1)N(c1ccc(F)c(F)c1)S(C)(=O)=O. The molecular weight excluding hydrogens is 434 g/mol. The van der Waals surface area contributed by atoms with Crippen molar-refractivity contribution in [1.29, 1.82) is 0 Å². The number of benzene rings is 3. The second-order valence-corrected chi connectivity index (χ2v) is 9.36. The van der Waals surface area contributed by atoms with Crippen molar-refractivity contribution in [2.24, 2.45) is 0 Å². The molecule has 8 heteroatoms. The van der Waals surface area contributed by atoms with E-state index >= 15 is 0 Å². The van der Waals surface area contributed by atoms with Crippen molar-refractivity contribution in [1.82, 2.24) is 4.90 Å². The summed E-state index contributed by atoms with van der Waals surface area (Å²) in [7, 11) is -3.97. The van der Waals surface area contributed by atoms with E-state index in [0.29, 0.717) is 0 Å². The number of halogens is 2. The van der Waals surface area contributed by atoms with Crippen LogP contribution in [0.1, 0.15) is 18.1 Å². The molecule has 3 aromatic carbocycles. The number of amides is 1. The summed E-state index contributed by atoms with van der Waals surface area (Å²) in [6, 6.07) is 20.2. The van der Waals surface area contributed by atoms with Gasteiger partial charge in [-0.1, -0.05) is 60.7 Å². The Morgan fingerprint density at radius 2 is 1.34 bits per heavy atom. The fourth-order valence-corrected chi connectivity index (χ4v) is 4.67. The number of nitrogens with zero attached hydrogens (tertiary/aromatic N) is 2. The molecule has 0 aliphatic heterocycles. The van der Waals surface area contributed by atoms with Crippen LogP contribution >= 0.6 is 0 Å². The standard InChI is InChI=1S/C24H24F2N2O3S/c1-18(28(32(2,30)31)21-13-14-22(25)23(26)15-21)24(29)27(16-19-9-5-3-6-10-19)17-20-11-7-4-8-12-20/h3-15,18H,16-17H2,1-2H3/t18-/m1/s1. The average Bonchev–Trinajstić information content (AvgIpc) is 2.76. The van der Waals surface area contributed by atoms with Gasteiger partial charge in [-0.15, -0.1) is 0 Å². The van der Waals surface area contributed by atoms with Crippen molar-refractivity contribution in [3.05, 3.63) is 102 Å². The smallest absolute Gasteiger partial charge is 0.246 e. The monoisotopic (exact) mass is 458 g/mol. The highest BCUT2D eigenvalue weighted by molar-refractivity contribution is 7.92. The molecule has 0 N–H and O–H groups in total. The molecule has 0 aliphatic rings. The van der Waals surface area contributed by atoms with Crippen molar-refractivity contribution >= 4 is 21.6 Å². The summed E-state index contributed by atoms with van der Waals surface area (Å²) in [4.78, 5) is 15.1. The van der Waals surface area contributed by atoms with E-state index in [9.17, 15) is 22.0 Å². The number of hydrogen-bond acceptors (Lipinski definition) is 3. The fraction of sp³-hybridized carbons (Fsp3) is 0.208. The summed E-state index contributed by atoms with van der Waals surface area (Å²) in [5.41, 5.74) is 1.64. The molecule has 168 valence electrons. The van der Waals surface area contributed by atoms with Gasteiger partial charge < -0.3 is 4.90 Å². The first-order valence-corrected chi connectivity index (χ1v) is 11.8. The van der Waals surface area contributed by atoms with Crippen LogP contribution in [0.2, 0.25) is 0 Å². The minimum absolute atomic E-state index is 0.119. The zero-order valence-corrected chi connectivity index (χ0v) is 18.6. The summed E-state index contributed by atoms with van der Waals surface area (Å²) >= 11 is 0. The van der Waals surface area contributed by atoms with Crippen LogP contribution in [0.5, 0.6) is 0 Å². The minimum atomic E-state index is -3.97. The van der Waals surface area contributed by atoms with Crippen molar-refractivity contribution in [3.63, 3.8) is 0 Å². The molecule has 5 nitrogen and oxygen atoms in total. The van der Waals surface area contributed by atoms with Crippen molar-refractivity contribution in [3.8, 4) is 0 Å². The lowest BCUT2D eigenvalue weighted by atomic mass is 10.1. The molecule has 32 heavy (non-hydrogen) atoms. The Labute approximate surface area is 187 Å². The number of sulfonamides is 1. The summed E-state index contributed by atoms with van der Waals surface area (Å²) in [5.74, 6) is -2.76. The lowest BCUT2D eigenvalue weighted by molar-refractivity contribution is -0.133. The van der Waals surface area contributed by atoms with Gasteiger partial charge in [0.1, 0.15) is 6.04 Å². The van der Waals surface area contributed by atoms with Crippen LogP contribution in [0.15, 0.2) is 78.9 Å². The van der Waals surface area contributed by atoms with Crippen LogP contribution in [-0.2, 0) is 27.9 Å². The highest BCUT2D eigenvalue weighted by Crippen LogP contribution is 2.25. The molecule has 0 bridgehead atoms. The molecule has 0 saturated heterocycles. The van der Waals surface area contributed by atoms with Crippen molar-refractivity contribution in [2.75, 3.05) is 10.6 Å². The third-order valence-electron chi connectivity index (χ3n) is 4.97. The highest BCUT2D eigenvalue weighted by atomic mass is 32.2. The molecular formula is C24H24F2N2O3S. The molecule has 0 spiro atoms. The van der Waals surface area contributed by atoms with Gasteiger partial charge in [0.25, 0.3) is 0 Å². The lowest BCUT2D eigenvalue weighted by Gasteiger charge is -2.33. The van der Waals surface area contributed by atoms with Gasteiger partial charge in [-0.2, -0.15) is 0 Å². The lowest BCUT2D eigenvalue weighted by Crippen LogP contribution is -2.49. The number of rotatable bonds is 8. The van der Waals surface area contributed by atoms with Gasteiger partial charge in [-0.25, -0.2) is 17.2 Å². The molecule has 3 rings (SSSR count). The number of anilines is 1. The maximum Gasteiger partial charge on any atom is 0.246 e. The van der Waals surface area contributed by atoms with Gasteiger partial charge in [0.05, 0.1) is 11.9 Å². The van der Waals surface area contributed by atoms with E-state index in [1.807, 2.05) is 60.7 Å². The second-order valence-electron chi connectivity index (χ2n) is 7.50. The maximum atomic E-state index is 13.8. The molecule has 0 aliphatic carbocycles. The van der Waals surface area contributed by atoms with Crippen LogP contribution in [0, 0.1) is 11.6 Å². The molecule has 0 aromatic heterocycles. The molecule has 0 heterocycles. The number of hydrogen-bond donors (Lipinski definition) is 0. The van der Waals surface area contributed by atoms with Gasteiger partial charge >= 0.3 is 0 Å². The molecule has 0 radical (unpaired) electrons. The second kappa shape index (κ2) is 9.91. The molecule has 0 saturated carbocycles. The highest BCUT2D eigenvalue weighted by Gasteiger charge is 2.32. The Bertz CT molecular complexity index is 1130. The van der Waals surface area contributed by atoms with Crippen LogP contribution in [0.25, 0.3) is 0 Å². The predicted molar refractivity (Wildman–Crippen MR) is 120 cm³/mol. The quantitative estimate of drug-likeness (QED) is 0.504. The van der Waals surface area contributed by atoms with Gasteiger partial charge in [0, 0.05) is 19.2 Å². The van der Waals surface area contributed by atoms with Crippen LogP contribution in [-0.4, -0.2) is 31.5 Å². The Morgan fingerprint density at radius 1 is 0.844 bits per heavy atom. The molecule has 3 aromatic rings. The van der Waals surface area contributed by atoms with Crippen LogP contribution in [0.3, 0.4) is 0 Å². The van der Waals surface area contributed by atoms with E-state index in [1.54, 1.807) is 4.90 Å². The summed E-state index contributed by atoms with van der Waals surface area (Å²) in [6.07, 6.45) is 0.927. The summed E-state index contributed by atoms with van der Waals surface area (Å²) in [5, 5.41) is 0. The molecule has 0 unspecified atom stereocenters. The Kier molecular flexibility index (Phi) is 7.25. The third kappa shape index (κ3) is 5.70. The first-order valence-electron chi connectivity index (χ1n) is 9.98. The van der Waals surface area contributed by atoms with Gasteiger partial charge in [0.2, 0.25) is 15.9 Å². The van der Waals surface area contributed by atoms with Crippen LogP contribution < -0.4 is 4.31 Å². The van der Waals surface area contributed by atoms with Gasteiger partial charge in [-0.3, -0.25) is 9.10 Å². The van der Waals surface area contributed by atoms with Crippen molar-refractivity contribution in [2.45, 2.75) is 26.1 Å². The first-order chi connectivity index (χ1) is 15.2. The molecule has 1 amide bonds. The van der Waals surface area contributed by atoms with Crippen LogP contribution in [0.4, 0.5) is 14.5 Å². The molecule has 1 atom stereocenters. The van der Waals surface area contributed by atoms with E-state index < -0.39 is 33.6 Å². The summed E-state index contributed by atoms with van der Waals surface area (Å²) in [6.45, 7) is 1.95. The van der Waals surface area contributed by atoms with E-state index in [1.165, 1.54) is 6.92 Å². The topological polar surface area (TPSA) is 57.7 Å². The third-order valence-corrected chi connectivity index (χ3v) is 6.21. The fourth-order valence-electron chi connectivity index (χ4n) is 3.51. The average molecular weight is 459 g/mol. The zero-order chi connectivity index (χ0) is 23.3. The Hall–Kier alpha value is -3.26. The summed E-state index contributed by atoms with van der Waals surface area (Å²) < 4.78 is 53.2. The first kappa shape index (κ1) is 23.4. The Balaban J connectivity index is 1.96. The predicted octanol–water partition coefficient (Wildman–Crippen LogP) is 4.35. The zero-order valence-electron chi connectivity index (χ0n) is 17.8. The van der Waals surface area contributed by atoms with Gasteiger partial charge in [-0.05, 0) is 30.2 Å². The minimum Gasteiger partial charge on any atom is -0.332 e. The van der Waals surface area contributed by atoms with E-state index in [-0.39, 0.29) is 18.8 Å². The van der Waals surface area contributed by atoms with Gasteiger partial charge in [0.15, 0.2) is 11.6 Å². The Morgan fingerprint density at radius 3 is 1.78 bits per heavy atom. The normalized spacial score (nSPS) is 12.2. The molecule has 0 fully saturated rings. The largest absolute Gasteiger partial charge is 0.332 e. The van der Waals surface area contributed by atoms with Crippen molar-refractivity contribution < 1.29 is 22.0 Å². The number of carbonyl (C=O) groups excluding carboxylic acids is 1. The van der Waals surface area contributed by atoms with E-state index in [2.05, 4.69) is 0 Å². The maximum absolute atomic E-state index is 13.8. The van der Waals surface area contributed by atoms with E-state index in [4.69, 9.17) is 0 Å². The van der Waals surface area contributed by atoms with E-state index in [0.717, 1.165) is 39.9 Å². The number of carbonyl (C=O) groups is 1.